The predicted molar refractivity (Wildman–Crippen MR) is 109 cm³/mol. The topological polar surface area (TPSA) is 56.8 Å². The van der Waals surface area contributed by atoms with Crippen LogP contribution in [0.3, 0.4) is 0 Å². The van der Waals surface area contributed by atoms with Gasteiger partial charge in [-0.05, 0) is 49.2 Å². The van der Waals surface area contributed by atoms with Gasteiger partial charge in [0.2, 0.25) is 5.91 Å². The number of carbonyl (C=O) groups is 1. The highest BCUT2D eigenvalue weighted by Gasteiger charge is 2.07. The van der Waals surface area contributed by atoms with Crippen molar-refractivity contribution in [2.24, 2.45) is 0 Å². The number of carbonyl (C=O) groups excluding carboxylic acids is 1. The Morgan fingerprint density at radius 2 is 1.85 bits per heavy atom. The summed E-state index contributed by atoms with van der Waals surface area (Å²) >= 11 is 0. The van der Waals surface area contributed by atoms with Gasteiger partial charge >= 0.3 is 0 Å². The first-order valence-electron chi connectivity index (χ1n) is 9.19. The second-order valence-corrected chi connectivity index (χ2v) is 5.86. The van der Waals surface area contributed by atoms with Gasteiger partial charge in [-0.1, -0.05) is 31.5 Å². The number of benzene rings is 2. The predicted octanol–water partition coefficient (Wildman–Crippen LogP) is 4.92. The first-order chi connectivity index (χ1) is 13.2. The lowest BCUT2D eigenvalue weighted by Crippen LogP contribution is -2.08. The summed E-state index contributed by atoms with van der Waals surface area (Å²) in [5.41, 5.74) is 1.49. The van der Waals surface area contributed by atoms with Crippen LogP contribution < -0.4 is 19.5 Å². The minimum atomic E-state index is -0.235. The van der Waals surface area contributed by atoms with E-state index in [1.54, 1.807) is 25.3 Å². The fraction of sp³-hybridized carbons (Fsp3) is 0.318. The van der Waals surface area contributed by atoms with Crippen LogP contribution in [0.2, 0.25) is 0 Å². The Labute approximate surface area is 161 Å². The average molecular weight is 369 g/mol. The van der Waals surface area contributed by atoms with Gasteiger partial charge in [0.05, 0.1) is 26.0 Å². The molecule has 0 fully saturated rings. The minimum absolute atomic E-state index is 0.235. The van der Waals surface area contributed by atoms with Gasteiger partial charge in [-0.15, -0.1) is 0 Å². The zero-order valence-electron chi connectivity index (χ0n) is 16.2. The maximum atomic E-state index is 12.2. The smallest absolute Gasteiger partial charge is 0.248 e. The molecule has 0 radical (unpaired) electrons. The van der Waals surface area contributed by atoms with Crippen LogP contribution in [0.1, 0.15) is 32.3 Å². The Morgan fingerprint density at radius 1 is 1.04 bits per heavy atom. The number of ether oxygens (including phenoxy) is 3. The fourth-order valence-electron chi connectivity index (χ4n) is 2.44. The maximum absolute atomic E-state index is 12.2. The monoisotopic (exact) mass is 369 g/mol. The van der Waals surface area contributed by atoms with E-state index in [1.807, 2.05) is 37.3 Å². The Bertz CT molecular complexity index is 771. The summed E-state index contributed by atoms with van der Waals surface area (Å²) in [6.45, 7) is 5.26. The highest BCUT2D eigenvalue weighted by Crippen LogP contribution is 2.29. The average Bonchev–Trinajstić information content (AvgIpc) is 2.68. The first kappa shape index (κ1) is 20.4. The molecule has 5 nitrogen and oxygen atoms in total. The molecule has 0 aliphatic carbocycles. The largest absolute Gasteiger partial charge is 0.495 e. The van der Waals surface area contributed by atoms with Crippen molar-refractivity contribution in [2.75, 3.05) is 25.6 Å². The molecule has 2 aromatic rings. The van der Waals surface area contributed by atoms with E-state index in [2.05, 4.69) is 12.2 Å². The van der Waals surface area contributed by atoms with Gasteiger partial charge in [-0.2, -0.15) is 0 Å². The molecule has 0 aromatic heterocycles. The molecule has 0 unspecified atom stereocenters. The van der Waals surface area contributed by atoms with Crippen LogP contribution in [0.4, 0.5) is 5.69 Å². The van der Waals surface area contributed by atoms with E-state index in [-0.39, 0.29) is 5.91 Å². The molecule has 0 heterocycles. The number of para-hydroxylation sites is 2. The molecule has 27 heavy (non-hydrogen) atoms. The van der Waals surface area contributed by atoms with Gasteiger partial charge < -0.3 is 19.5 Å². The summed E-state index contributed by atoms with van der Waals surface area (Å²) < 4.78 is 16.7. The number of hydrogen-bond acceptors (Lipinski definition) is 4. The van der Waals surface area contributed by atoms with Gasteiger partial charge in [0.25, 0.3) is 0 Å². The lowest BCUT2D eigenvalue weighted by molar-refractivity contribution is -0.111. The lowest BCUT2D eigenvalue weighted by atomic mass is 10.2. The number of amides is 1. The molecule has 2 rings (SSSR count). The van der Waals surface area contributed by atoms with Crippen LogP contribution >= 0.6 is 0 Å². The third-order valence-corrected chi connectivity index (χ3v) is 3.82. The molecule has 0 aliphatic heterocycles. The lowest BCUT2D eigenvalue weighted by Gasteiger charge is -2.12. The third-order valence-electron chi connectivity index (χ3n) is 3.82. The van der Waals surface area contributed by atoms with E-state index in [0.717, 1.165) is 24.2 Å². The van der Waals surface area contributed by atoms with Crippen molar-refractivity contribution in [3.8, 4) is 17.2 Å². The normalized spacial score (nSPS) is 10.6. The zero-order chi connectivity index (χ0) is 19.5. The van der Waals surface area contributed by atoms with Crippen LogP contribution in [-0.4, -0.2) is 26.2 Å². The molecular weight excluding hydrogens is 342 g/mol. The molecule has 2 aromatic carbocycles. The minimum Gasteiger partial charge on any atom is -0.495 e. The summed E-state index contributed by atoms with van der Waals surface area (Å²) in [6.07, 6.45) is 5.29. The quantitative estimate of drug-likeness (QED) is 0.477. The number of rotatable bonds is 10. The van der Waals surface area contributed by atoms with Crippen LogP contribution in [0.25, 0.3) is 6.08 Å². The van der Waals surface area contributed by atoms with Crippen molar-refractivity contribution >= 4 is 17.7 Å². The molecule has 144 valence electrons. The molecular formula is C22H27NO4. The number of methoxy groups -OCH3 is 1. The van der Waals surface area contributed by atoms with Gasteiger partial charge in [-0.25, -0.2) is 0 Å². The Morgan fingerprint density at radius 3 is 2.59 bits per heavy atom. The number of anilines is 1. The van der Waals surface area contributed by atoms with Crippen LogP contribution in [0.15, 0.2) is 48.5 Å². The van der Waals surface area contributed by atoms with E-state index < -0.39 is 0 Å². The second kappa shape index (κ2) is 10.9. The molecule has 0 bridgehead atoms. The number of hydrogen-bond donors (Lipinski definition) is 1. The first-order valence-corrected chi connectivity index (χ1v) is 9.19. The van der Waals surface area contributed by atoms with Crippen molar-refractivity contribution in [1.82, 2.24) is 0 Å². The molecule has 0 saturated heterocycles. The van der Waals surface area contributed by atoms with Gasteiger partial charge in [0.15, 0.2) is 11.5 Å². The summed E-state index contributed by atoms with van der Waals surface area (Å²) in [5, 5.41) is 2.81. The molecule has 1 amide bonds. The number of nitrogens with one attached hydrogen (secondary N) is 1. The van der Waals surface area contributed by atoms with Gasteiger partial charge in [-0.3, -0.25) is 4.79 Å². The van der Waals surface area contributed by atoms with Crippen LogP contribution in [0, 0.1) is 0 Å². The molecule has 5 heteroatoms. The molecule has 0 saturated carbocycles. The standard InChI is InChI=1S/C22H27NO4/c1-4-6-15-27-20-13-11-17(16-21(20)26-5-2)12-14-22(24)23-18-9-7-8-10-19(18)25-3/h7-14,16H,4-6,15H2,1-3H3,(H,23,24)/b14-12+. The Kier molecular flexibility index (Phi) is 8.23. The van der Waals surface area contributed by atoms with E-state index in [1.165, 1.54) is 6.08 Å². The maximum Gasteiger partial charge on any atom is 0.248 e. The van der Waals surface area contributed by atoms with Crippen molar-refractivity contribution in [2.45, 2.75) is 26.7 Å². The Hall–Kier alpha value is -2.95. The van der Waals surface area contributed by atoms with E-state index in [9.17, 15) is 4.79 Å². The van der Waals surface area contributed by atoms with Crippen molar-refractivity contribution in [1.29, 1.82) is 0 Å². The molecule has 1 N–H and O–H groups in total. The van der Waals surface area contributed by atoms with Crippen molar-refractivity contribution < 1.29 is 19.0 Å². The summed E-state index contributed by atoms with van der Waals surface area (Å²) in [5.74, 6) is 1.79. The third kappa shape index (κ3) is 6.37. The van der Waals surface area contributed by atoms with E-state index in [0.29, 0.717) is 30.4 Å². The highest BCUT2D eigenvalue weighted by atomic mass is 16.5. The summed E-state index contributed by atoms with van der Waals surface area (Å²) in [6, 6.07) is 12.9. The Balaban J connectivity index is 2.06. The zero-order valence-corrected chi connectivity index (χ0v) is 16.2. The van der Waals surface area contributed by atoms with Crippen molar-refractivity contribution in [3.63, 3.8) is 0 Å². The number of unbranched alkanes of at least 4 members (excludes halogenated alkanes) is 1. The summed E-state index contributed by atoms with van der Waals surface area (Å²) in [7, 11) is 1.57. The van der Waals surface area contributed by atoms with Crippen molar-refractivity contribution in [3.05, 3.63) is 54.1 Å². The van der Waals surface area contributed by atoms with Crippen LogP contribution in [-0.2, 0) is 4.79 Å². The van der Waals surface area contributed by atoms with Gasteiger partial charge in [0.1, 0.15) is 5.75 Å². The molecule has 0 spiro atoms. The van der Waals surface area contributed by atoms with Gasteiger partial charge in [0, 0.05) is 6.08 Å². The fourth-order valence-corrected chi connectivity index (χ4v) is 2.44. The molecule has 0 aliphatic rings. The molecule has 0 atom stereocenters. The van der Waals surface area contributed by atoms with Crippen LogP contribution in [0.5, 0.6) is 17.2 Å². The second-order valence-electron chi connectivity index (χ2n) is 5.86. The summed E-state index contributed by atoms with van der Waals surface area (Å²) in [4.78, 5) is 12.2. The highest BCUT2D eigenvalue weighted by molar-refractivity contribution is 6.02. The van der Waals surface area contributed by atoms with E-state index >= 15 is 0 Å². The SMILES string of the molecule is CCCCOc1ccc(/C=C/C(=O)Nc2ccccc2OC)cc1OCC. The van der Waals surface area contributed by atoms with E-state index in [4.69, 9.17) is 14.2 Å².